The van der Waals surface area contributed by atoms with Gasteiger partial charge in [-0.2, -0.15) is 5.10 Å². The van der Waals surface area contributed by atoms with E-state index in [1.54, 1.807) is 17.8 Å². The van der Waals surface area contributed by atoms with Crippen molar-refractivity contribution in [3.63, 3.8) is 0 Å². The first-order valence-electron chi connectivity index (χ1n) is 11.4. The van der Waals surface area contributed by atoms with Gasteiger partial charge in [0.2, 0.25) is 0 Å². The Kier molecular flexibility index (Phi) is 8.09. The van der Waals surface area contributed by atoms with E-state index in [9.17, 15) is 5.11 Å². The molecule has 3 N–H and O–H groups in total. The number of hydrogen-bond donors (Lipinski definition) is 3. The first-order valence-corrected chi connectivity index (χ1v) is 11.4. The van der Waals surface area contributed by atoms with Crippen LogP contribution >= 0.6 is 0 Å². The second kappa shape index (κ2) is 10.8. The van der Waals surface area contributed by atoms with Gasteiger partial charge in [0.05, 0.1) is 19.3 Å². The van der Waals surface area contributed by atoms with E-state index in [4.69, 9.17) is 4.99 Å². The van der Waals surface area contributed by atoms with Gasteiger partial charge in [-0.25, -0.2) is 4.99 Å². The van der Waals surface area contributed by atoms with Crippen molar-refractivity contribution in [2.75, 3.05) is 26.2 Å². The van der Waals surface area contributed by atoms with Crippen LogP contribution in [0, 0.1) is 5.92 Å². The van der Waals surface area contributed by atoms with Crippen molar-refractivity contribution in [1.29, 1.82) is 0 Å². The lowest BCUT2D eigenvalue weighted by molar-refractivity contribution is 0.0616. The molecular formula is C24H38N6O. The summed E-state index contributed by atoms with van der Waals surface area (Å²) in [4.78, 5) is 7.35. The van der Waals surface area contributed by atoms with Crippen molar-refractivity contribution in [3.8, 4) is 0 Å². The van der Waals surface area contributed by atoms with Crippen molar-refractivity contribution >= 4 is 5.96 Å². The molecule has 1 aromatic heterocycles. The molecule has 0 bridgehead atoms. The average Bonchev–Trinajstić information content (AvgIpc) is 3.20. The number of piperidine rings is 1. The van der Waals surface area contributed by atoms with Gasteiger partial charge < -0.3 is 15.7 Å². The number of nitrogens with one attached hydrogen (secondary N) is 2. The molecule has 2 heterocycles. The molecule has 0 saturated carbocycles. The highest BCUT2D eigenvalue weighted by molar-refractivity contribution is 5.79. The fraction of sp³-hybridized carbons (Fsp3) is 0.583. The van der Waals surface area contributed by atoms with Gasteiger partial charge in [-0.15, -0.1) is 0 Å². The van der Waals surface area contributed by atoms with Crippen LogP contribution in [0.15, 0.2) is 41.7 Å². The number of likely N-dealkylation sites (tertiary alicyclic amines) is 1. The van der Waals surface area contributed by atoms with Crippen LogP contribution in [0.5, 0.6) is 0 Å². The molecule has 1 saturated heterocycles. The molecule has 0 amide bonds. The standard InChI is InChI=1S/C24H38N6O/c1-5-25-23(27-18-24(3,31)22-15-28-29(4)17-22)26-14-20-8-6-7-9-21(20)16-30-12-10-19(2)11-13-30/h6-9,15,17,19,31H,5,10-14,16,18H2,1-4H3,(H2,25,26,27). The van der Waals surface area contributed by atoms with Crippen molar-refractivity contribution in [2.24, 2.45) is 18.0 Å². The lowest BCUT2D eigenvalue weighted by Crippen LogP contribution is -2.44. The fourth-order valence-corrected chi connectivity index (χ4v) is 3.89. The molecule has 1 fully saturated rings. The smallest absolute Gasteiger partial charge is 0.191 e. The third-order valence-electron chi connectivity index (χ3n) is 6.07. The summed E-state index contributed by atoms with van der Waals surface area (Å²) in [6.45, 7) is 11.2. The first-order chi connectivity index (χ1) is 14.9. The molecule has 7 nitrogen and oxygen atoms in total. The summed E-state index contributed by atoms with van der Waals surface area (Å²) in [6, 6.07) is 8.58. The molecule has 3 rings (SSSR count). The second-order valence-corrected chi connectivity index (χ2v) is 8.95. The van der Waals surface area contributed by atoms with Gasteiger partial charge in [0.15, 0.2) is 5.96 Å². The van der Waals surface area contributed by atoms with E-state index in [0.29, 0.717) is 19.0 Å². The van der Waals surface area contributed by atoms with Gasteiger partial charge in [0.1, 0.15) is 5.60 Å². The zero-order chi connectivity index (χ0) is 22.3. The van der Waals surface area contributed by atoms with E-state index in [2.05, 4.69) is 51.8 Å². The van der Waals surface area contributed by atoms with E-state index < -0.39 is 5.60 Å². The number of benzene rings is 1. The van der Waals surface area contributed by atoms with Gasteiger partial charge in [0.25, 0.3) is 0 Å². The maximum atomic E-state index is 10.8. The molecule has 0 aliphatic carbocycles. The fourth-order valence-electron chi connectivity index (χ4n) is 3.89. The zero-order valence-corrected chi connectivity index (χ0v) is 19.4. The minimum atomic E-state index is -1.03. The van der Waals surface area contributed by atoms with Crippen molar-refractivity contribution in [1.82, 2.24) is 25.3 Å². The molecule has 170 valence electrons. The molecule has 0 spiro atoms. The van der Waals surface area contributed by atoms with Gasteiger partial charge in [-0.05, 0) is 56.8 Å². The summed E-state index contributed by atoms with van der Waals surface area (Å²) in [5, 5.41) is 21.6. The number of aliphatic hydroxyl groups is 1. The highest BCUT2D eigenvalue weighted by atomic mass is 16.3. The SMILES string of the molecule is CCNC(=NCc1ccccc1CN1CCC(C)CC1)NCC(C)(O)c1cnn(C)c1. The van der Waals surface area contributed by atoms with Crippen LogP contribution in [0.4, 0.5) is 0 Å². The average molecular weight is 427 g/mol. The van der Waals surface area contributed by atoms with Crippen molar-refractivity contribution in [3.05, 3.63) is 53.3 Å². The summed E-state index contributed by atoms with van der Waals surface area (Å²) in [7, 11) is 1.85. The Labute approximate surface area is 186 Å². The Balaban J connectivity index is 1.63. The molecule has 1 aliphatic rings. The largest absolute Gasteiger partial charge is 0.383 e. The Bertz CT molecular complexity index is 851. The lowest BCUT2D eigenvalue weighted by Gasteiger charge is -2.30. The molecule has 1 atom stereocenters. The van der Waals surface area contributed by atoms with Crippen LogP contribution in [0.1, 0.15) is 50.3 Å². The predicted molar refractivity (Wildman–Crippen MR) is 126 cm³/mol. The predicted octanol–water partition coefficient (Wildman–Crippen LogP) is 2.61. The molecule has 0 radical (unpaired) electrons. The number of aliphatic imine (C=N–C) groups is 1. The number of aryl methyl sites for hydroxylation is 1. The normalized spacial score (nSPS) is 18.0. The number of hydrogen-bond acceptors (Lipinski definition) is 4. The summed E-state index contributed by atoms with van der Waals surface area (Å²) < 4.78 is 1.70. The Hall–Kier alpha value is -2.38. The number of nitrogens with zero attached hydrogens (tertiary/aromatic N) is 4. The molecule has 1 unspecified atom stereocenters. The van der Waals surface area contributed by atoms with Crippen LogP contribution < -0.4 is 10.6 Å². The Morgan fingerprint density at radius 1 is 1.23 bits per heavy atom. The second-order valence-electron chi connectivity index (χ2n) is 8.95. The lowest BCUT2D eigenvalue weighted by atomic mass is 9.98. The molecule has 7 heteroatoms. The van der Waals surface area contributed by atoms with E-state index in [0.717, 1.165) is 24.6 Å². The highest BCUT2D eigenvalue weighted by Gasteiger charge is 2.25. The van der Waals surface area contributed by atoms with Gasteiger partial charge in [0, 0.05) is 31.9 Å². The van der Waals surface area contributed by atoms with Crippen LogP contribution in [0.3, 0.4) is 0 Å². The zero-order valence-electron chi connectivity index (χ0n) is 19.4. The first kappa shape index (κ1) is 23.3. The molecule has 2 aromatic rings. The van der Waals surface area contributed by atoms with E-state index in [1.807, 2.05) is 20.2 Å². The Morgan fingerprint density at radius 2 is 1.94 bits per heavy atom. The number of guanidine groups is 1. The van der Waals surface area contributed by atoms with Gasteiger partial charge in [-0.1, -0.05) is 31.2 Å². The summed E-state index contributed by atoms with van der Waals surface area (Å²) in [6.07, 6.45) is 6.10. The third-order valence-corrected chi connectivity index (χ3v) is 6.07. The van der Waals surface area contributed by atoms with Crippen LogP contribution in [-0.4, -0.2) is 51.9 Å². The Morgan fingerprint density at radius 3 is 2.58 bits per heavy atom. The van der Waals surface area contributed by atoms with E-state index in [-0.39, 0.29) is 0 Å². The van der Waals surface area contributed by atoms with E-state index in [1.165, 1.54) is 37.1 Å². The minimum Gasteiger partial charge on any atom is -0.383 e. The summed E-state index contributed by atoms with van der Waals surface area (Å²) >= 11 is 0. The summed E-state index contributed by atoms with van der Waals surface area (Å²) in [5.41, 5.74) is 2.34. The van der Waals surface area contributed by atoms with Crippen LogP contribution in [0.2, 0.25) is 0 Å². The van der Waals surface area contributed by atoms with Crippen molar-refractivity contribution < 1.29 is 5.11 Å². The monoisotopic (exact) mass is 426 g/mol. The summed E-state index contributed by atoms with van der Waals surface area (Å²) in [5.74, 6) is 1.54. The molecular weight excluding hydrogens is 388 g/mol. The minimum absolute atomic E-state index is 0.345. The molecule has 31 heavy (non-hydrogen) atoms. The van der Waals surface area contributed by atoms with Gasteiger partial charge >= 0.3 is 0 Å². The third kappa shape index (κ3) is 6.80. The van der Waals surface area contributed by atoms with Gasteiger partial charge in [-0.3, -0.25) is 9.58 Å². The van der Waals surface area contributed by atoms with Crippen LogP contribution in [0.25, 0.3) is 0 Å². The molecule has 1 aromatic carbocycles. The molecule has 1 aliphatic heterocycles. The maximum Gasteiger partial charge on any atom is 0.191 e. The number of aromatic nitrogens is 2. The number of rotatable bonds is 8. The van der Waals surface area contributed by atoms with Crippen molar-refractivity contribution in [2.45, 2.75) is 52.3 Å². The topological polar surface area (TPSA) is 77.7 Å². The quantitative estimate of drug-likeness (QED) is 0.447. The van der Waals surface area contributed by atoms with E-state index >= 15 is 0 Å². The highest BCUT2D eigenvalue weighted by Crippen LogP contribution is 2.20. The maximum absolute atomic E-state index is 10.8. The van der Waals surface area contributed by atoms with Crippen LogP contribution in [-0.2, 0) is 25.7 Å².